The molecule has 4 saturated carbocycles. The smallest absolute Gasteiger partial charge is 0.302 e. The molecule has 4 aliphatic carbocycles. The highest BCUT2D eigenvalue weighted by Gasteiger charge is 2.82. The van der Waals surface area contributed by atoms with Gasteiger partial charge in [0.25, 0.3) is 0 Å². The van der Waals surface area contributed by atoms with E-state index in [0.29, 0.717) is 6.42 Å². The number of esters is 2. The molecule has 4 rings (SSSR count). The lowest BCUT2D eigenvalue weighted by atomic mass is 9.38. The standard InChI is InChI=1S/C24H36O8/c1-11-19(28)24-16(27)9-15-21(4,5)8-7-17(32-13(3)26)22(15,6)18(24)14(31-12(2)25)10-23(11,30)20(24)29/h11,14-18,20,27,29-30H,7-10H2,1-6H3/t11-,14+,15-,16+,17+,18+,20-,22-,23+,24+/m0/s1. The van der Waals surface area contributed by atoms with Crippen LogP contribution in [-0.4, -0.2) is 63.1 Å². The van der Waals surface area contributed by atoms with Crippen molar-refractivity contribution in [1.82, 2.24) is 0 Å². The highest BCUT2D eigenvalue weighted by molar-refractivity contribution is 5.94. The Kier molecular flexibility index (Phi) is 5.17. The predicted molar refractivity (Wildman–Crippen MR) is 112 cm³/mol. The molecule has 0 aliphatic heterocycles. The molecule has 4 aliphatic rings. The van der Waals surface area contributed by atoms with Gasteiger partial charge in [0, 0.05) is 37.5 Å². The molecule has 0 radical (unpaired) electrons. The maximum Gasteiger partial charge on any atom is 0.302 e. The van der Waals surface area contributed by atoms with E-state index in [2.05, 4.69) is 13.8 Å². The Morgan fingerprint density at radius 1 is 1.06 bits per heavy atom. The molecule has 4 fully saturated rings. The molecule has 0 aromatic carbocycles. The van der Waals surface area contributed by atoms with Gasteiger partial charge in [-0.15, -0.1) is 0 Å². The predicted octanol–water partition coefficient (Wildman–Crippen LogP) is 1.37. The number of ketones is 1. The van der Waals surface area contributed by atoms with Gasteiger partial charge in [0.05, 0.1) is 17.6 Å². The second kappa shape index (κ2) is 7.00. The van der Waals surface area contributed by atoms with Gasteiger partial charge in [0.1, 0.15) is 17.8 Å². The largest absolute Gasteiger partial charge is 0.462 e. The van der Waals surface area contributed by atoms with Crippen molar-refractivity contribution in [3.8, 4) is 0 Å². The van der Waals surface area contributed by atoms with Crippen molar-refractivity contribution in [2.24, 2.45) is 34.0 Å². The monoisotopic (exact) mass is 452 g/mol. The molecule has 0 amide bonds. The average Bonchev–Trinajstić information content (AvgIpc) is 2.75. The number of fused-ring (bicyclic) bond motifs is 3. The van der Waals surface area contributed by atoms with E-state index in [1.54, 1.807) is 6.92 Å². The number of carbonyl (C=O) groups excluding carboxylic acids is 3. The topological polar surface area (TPSA) is 130 Å². The summed E-state index contributed by atoms with van der Waals surface area (Å²) in [6, 6.07) is 0. The molecule has 0 saturated heterocycles. The fourth-order valence-corrected chi connectivity index (χ4v) is 8.39. The Morgan fingerprint density at radius 2 is 1.66 bits per heavy atom. The third-order valence-electron chi connectivity index (χ3n) is 9.66. The van der Waals surface area contributed by atoms with Crippen LogP contribution in [0, 0.1) is 34.0 Å². The first kappa shape index (κ1) is 23.6. The van der Waals surface area contributed by atoms with Crippen molar-refractivity contribution in [3.05, 3.63) is 0 Å². The summed E-state index contributed by atoms with van der Waals surface area (Å²) in [7, 11) is 0. The van der Waals surface area contributed by atoms with Crippen LogP contribution in [-0.2, 0) is 23.9 Å². The molecule has 8 nitrogen and oxygen atoms in total. The molecule has 8 heteroatoms. The second-order valence-electron chi connectivity index (χ2n) is 11.5. The molecule has 0 unspecified atom stereocenters. The maximum absolute atomic E-state index is 13.8. The van der Waals surface area contributed by atoms with Crippen molar-refractivity contribution in [2.45, 2.75) is 97.2 Å². The Bertz CT molecular complexity index is 853. The molecule has 0 aromatic rings. The molecular weight excluding hydrogens is 416 g/mol. The lowest BCUT2D eigenvalue weighted by Gasteiger charge is -2.68. The van der Waals surface area contributed by atoms with E-state index in [-0.39, 0.29) is 24.2 Å². The summed E-state index contributed by atoms with van der Waals surface area (Å²) in [5.74, 6) is -3.34. The Morgan fingerprint density at radius 3 is 2.22 bits per heavy atom. The van der Waals surface area contributed by atoms with Crippen LogP contribution in [0.3, 0.4) is 0 Å². The Hall–Kier alpha value is -1.51. The van der Waals surface area contributed by atoms with E-state index in [4.69, 9.17) is 9.47 Å². The van der Waals surface area contributed by atoms with E-state index in [1.165, 1.54) is 13.8 Å². The highest BCUT2D eigenvalue weighted by Crippen LogP contribution is 2.72. The van der Waals surface area contributed by atoms with E-state index in [9.17, 15) is 29.7 Å². The summed E-state index contributed by atoms with van der Waals surface area (Å²) < 4.78 is 11.5. The molecule has 1 spiro atoms. The van der Waals surface area contributed by atoms with Gasteiger partial charge in [0.2, 0.25) is 0 Å². The van der Waals surface area contributed by atoms with Crippen LogP contribution in [0.1, 0.15) is 67.2 Å². The first-order chi connectivity index (χ1) is 14.6. The summed E-state index contributed by atoms with van der Waals surface area (Å²) >= 11 is 0. The third kappa shape index (κ3) is 2.69. The number of hydrogen-bond acceptors (Lipinski definition) is 8. The molecule has 10 atom stereocenters. The van der Waals surface area contributed by atoms with Crippen LogP contribution in [0.5, 0.6) is 0 Å². The van der Waals surface area contributed by atoms with E-state index >= 15 is 0 Å². The number of carbonyl (C=O) groups is 3. The summed E-state index contributed by atoms with van der Waals surface area (Å²) in [5, 5.41) is 34.4. The van der Waals surface area contributed by atoms with Crippen LogP contribution in [0.15, 0.2) is 0 Å². The third-order valence-corrected chi connectivity index (χ3v) is 9.66. The van der Waals surface area contributed by atoms with Gasteiger partial charge in [-0.2, -0.15) is 0 Å². The summed E-state index contributed by atoms with van der Waals surface area (Å²) in [5.41, 5.74) is -4.63. The molecule has 2 bridgehead atoms. The lowest BCUT2D eigenvalue weighted by Crippen LogP contribution is -2.75. The molecule has 180 valence electrons. The minimum absolute atomic E-state index is 0.116. The number of aliphatic hydroxyl groups excluding tert-OH is 2. The average molecular weight is 453 g/mol. The zero-order valence-corrected chi connectivity index (χ0v) is 19.8. The highest BCUT2D eigenvalue weighted by atomic mass is 16.6. The van der Waals surface area contributed by atoms with E-state index in [1.807, 2.05) is 6.92 Å². The normalized spacial score (nSPS) is 51.4. The van der Waals surface area contributed by atoms with Crippen LogP contribution < -0.4 is 0 Å². The van der Waals surface area contributed by atoms with E-state index in [0.717, 1.165) is 6.42 Å². The van der Waals surface area contributed by atoms with Gasteiger partial charge in [-0.1, -0.05) is 27.7 Å². The summed E-state index contributed by atoms with van der Waals surface area (Å²) in [6.45, 7) is 10.3. The SMILES string of the molecule is CC(=O)O[C@@H]1C[C@@]2(O)[C@@H](C)C(=O)[C@]3([C@H](O)C[C@H]4C(C)(C)CC[C@@H](OC(C)=O)[C@@]4(C)[C@@H]13)[C@H]2O. The molecular formula is C24H36O8. The zero-order chi connectivity index (χ0) is 24.0. The molecule has 0 aromatic heterocycles. The van der Waals surface area contributed by atoms with Gasteiger partial charge in [-0.3, -0.25) is 14.4 Å². The number of ether oxygens (including phenoxy) is 2. The first-order valence-electron chi connectivity index (χ1n) is 11.6. The first-order valence-corrected chi connectivity index (χ1v) is 11.6. The molecule has 32 heavy (non-hydrogen) atoms. The van der Waals surface area contributed by atoms with Gasteiger partial charge >= 0.3 is 11.9 Å². The second-order valence-corrected chi connectivity index (χ2v) is 11.5. The van der Waals surface area contributed by atoms with Crippen LogP contribution in [0.25, 0.3) is 0 Å². The minimum atomic E-state index is -1.81. The number of aliphatic hydroxyl groups is 3. The minimum Gasteiger partial charge on any atom is -0.462 e. The fourth-order valence-electron chi connectivity index (χ4n) is 8.39. The van der Waals surface area contributed by atoms with Crippen LogP contribution in [0.4, 0.5) is 0 Å². The molecule has 3 N–H and O–H groups in total. The number of hydrogen-bond donors (Lipinski definition) is 3. The van der Waals surface area contributed by atoms with Crippen LogP contribution in [0.2, 0.25) is 0 Å². The quantitative estimate of drug-likeness (QED) is 0.536. The Balaban J connectivity index is 1.99. The van der Waals surface area contributed by atoms with Crippen molar-refractivity contribution in [2.75, 3.05) is 0 Å². The van der Waals surface area contributed by atoms with Gasteiger partial charge in [-0.05, 0) is 30.6 Å². The van der Waals surface area contributed by atoms with Crippen LogP contribution >= 0.6 is 0 Å². The maximum atomic E-state index is 13.8. The van der Waals surface area contributed by atoms with E-state index < -0.39 is 70.4 Å². The fraction of sp³-hybridized carbons (Fsp3) is 0.875. The summed E-state index contributed by atoms with van der Waals surface area (Å²) in [6.07, 6.45) is -2.81. The van der Waals surface area contributed by atoms with Crippen molar-refractivity contribution in [3.63, 3.8) is 0 Å². The zero-order valence-electron chi connectivity index (χ0n) is 19.8. The van der Waals surface area contributed by atoms with Gasteiger partial charge in [0.15, 0.2) is 5.78 Å². The lowest BCUT2D eigenvalue weighted by molar-refractivity contribution is -0.296. The number of rotatable bonds is 2. The van der Waals surface area contributed by atoms with Crippen molar-refractivity contribution in [1.29, 1.82) is 0 Å². The Labute approximate surface area is 188 Å². The van der Waals surface area contributed by atoms with Gasteiger partial charge in [-0.25, -0.2) is 0 Å². The molecule has 0 heterocycles. The number of Topliss-reactive ketones (excluding diaryl/α,β-unsaturated/α-hetero) is 1. The van der Waals surface area contributed by atoms with Crippen molar-refractivity contribution >= 4 is 17.7 Å². The summed E-state index contributed by atoms with van der Waals surface area (Å²) in [4.78, 5) is 37.9. The van der Waals surface area contributed by atoms with Gasteiger partial charge < -0.3 is 24.8 Å². The van der Waals surface area contributed by atoms with Crippen molar-refractivity contribution < 1.29 is 39.2 Å².